The average Bonchev–Trinajstić information content (AvgIpc) is 2.31. The Morgan fingerprint density at radius 3 is 2.39 bits per heavy atom. The smallest absolute Gasteiger partial charge is 0.307 e. The summed E-state index contributed by atoms with van der Waals surface area (Å²) in [6.07, 6.45) is 0. The van der Waals surface area contributed by atoms with E-state index in [0.717, 1.165) is 0 Å². The molecule has 0 fully saturated rings. The fourth-order valence-electron chi connectivity index (χ4n) is 1.47. The molecule has 0 aliphatic heterocycles. The van der Waals surface area contributed by atoms with Crippen LogP contribution in [0.25, 0.3) is 0 Å². The highest BCUT2D eigenvalue weighted by Gasteiger charge is 2.26. The highest BCUT2D eigenvalue weighted by Crippen LogP contribution is 2.21. The van der Waals surface area contributed by atoms with Gasteiger partial charge in [0.15, 0.2) is 0 Å². The molecule has 2 unspecified atom stereocenters. The van der Waals surface area contributed by atoms with E-state index < -0.39 is 29.5 Å². The number of carboxylic acid groups (broad SMARTS) is 1. The maximum absolute atomic E-state index is 13.5. The Balaban J connectivity index is 2.85. The third-order valence-corrected chi connectivity index (χ3v) is 3.02. The summed E-state index contributed by atoms with van der Waals surface area (Å²) in [4.78, 5) is 22.6. The van der Waals surface area contributed by atoms with Crippen LogP contribution in [0.1, 0.15) is 19.4 Å². The van der Waals surface area contributed by atoms with Crippen molar-refractivity contribution in [1.29, 1.82) is 0 Å². The number of aliphatic carboxylic acids is 1. The van der Waals surface area contributed by atoms with Gasteiger partial charge in [-0.15, -0.1) is 0 Å². The summed E-state index contributed by atoms with van der Waals surface area (Å²) in [5.41, 5.74) is 0.700. The summed E-state index contributed by atoms with van der Waals surface area (Å²) in [5.74, 6) is -3.64. The Morgan fingerprint density at radius 1 is 1.28 bits per heavy atom. The quantitative estimate of drug-likeness (QED) is 0.866. The van der Waals surface area contributed by atoms with E-state index in [-0.39, 0.29) is 5.69 Å². The minimum atomic E-state index is -1.05. The molecule has 0 aliphatic carbocycles. The standard InChI is InChI=1S/C13H16FNO3/c1-7-5-4-6-10(14)11(7)15-12(16)8(2)9(3)13(17)18/h4-6,8-9H,1-3H3,(H,15,16)(H,17,18). The van der Waals surface area contributed by atoms with Gasteiger partial charge in [0.1, 0.15) is 5.82 Å². The lowest BCUT2D eigenvalue weighted by molar-refractivity contribution is -0.145. The summed E-state index contributed by atoms with van der Waals surface area (Å²) in [6, 6.07) is 4.46. The number of hydrogen-bond donors (Lipinski definition) is 2. The van der Waals surface area contributed by atoms with Gasteiger partial charge in [-0.05, 0) is 18.6 Å². The Bertz CT molecular complexity index is 453. The monoisotopic (exact) mass is 253 g/mol. The van der Waals surface area contributed by atoms with Crippen LogP contribution < -0.4 is 5.32 Å². The van der Waals surface area contributed by atoms with Gasteiger partial charge in [0, 0.05) is 5.92 Å². The van der Waals surface area contributed by atoms with Crippen molar-refractivity contribution in [2.24, 2.45) is 11.8 Å². The van der Waals surface area contributed by atoms with E-state index in [1.54, 1.807) is 19.1 Å². The second-order valence-corrected chi connectivity index (χ2v) is 4.34. The third-order valence-electron chi connectivity index (χ3n) is 3.02. The minimum Gasteiger partial charge on any atom is -0.481 e. The zero-order chi connectivity index (χ0) is 13.9. The van der Waals surface area contributed by atoms with Crippen molar-refractivity contribution < 1.29 is 19.1 Å². The van der Waals surface area contributed by atoms with Crippen LogP contribution in [-0.2, 0) is 9.59 Å². The average molecular weight is 253 g/mol. The second kappa shape index (κ2) is 5.62. The fraction of sp³-hybridized carbons (Fsp3) is 0.385. The molecule has 0 saturated carbocycles. The number of carboxylic acids is 1. The number of aryl methyl sites for hydroxylation is 1. The van der Waals surface area contributed by atoms with Gasteiger partial charge in [0.05, 0.1) is 11.6 Å². The van der Waals surface area contributed by atoms with Crippen LogP contribution in [0.4, 0.5) is 10.1 Å². The van der Waals surface area contributed by atoms with E-state index in [2.05, 4.69) is 5.32 Å². The summed E-state index contributed by atoms with van der Waals surface area (Å²) in [6.45, 7) is 4.62. The molecule has 0 heterocycles. The molecule has 4 nitrogen and oxygen atoms in total. The molecule has 0 spiro atoms. The minimum absolute atomic E-state index is 0.104. The molecular formula is C13H16FNO3. The molecule has 18 heavy (non-hydrogen) atoms. The molecule has 1 rings (SSSR count). The maximum atomic E-state index is 13.5. The Labute approximate surface area is 105 Å². The number of rotatable bonds is 4. The van der Waals surface area contributed by atoms with Gasteiger partial charge in [-0.2, -0.15) is 0 Å². The molecule has 2 atom stereocenters. The van der Waals surface area contributed by atoms with E-state index in [0.29, 0.717) is 5.56 Å². The predicted octanol–water partition coefficient (Wildman–Crippen LogP) is 2.43. The second-order valence-electron chi connectivity index (χ2n) is 4.34. The number of benzene rings is 1. The molecule has 0 saturated heterocycles. The molecule has 0 bridgehead atoms. The first-order valence-corrected chi connectivity index (χ1v) is 5.63. The summed E-state index contributed by atoms with van der Waals surface area (Å²) in [5, 5.41) is 11.3. The number of nitrogens with one attached hydrogen (secondary N) is 1. The van der Waals surface area contributed by atoms with E-state index in [1.165, 1.54) is 19.9 Å². The lowest BCUT2D eigenvalue weighted by atomic mass is 9.95. The van der Waals surface area contributed by atoms with Gasteiger partial charge >= 0.3 is 5.97 Å². The van der Waals surface area contributed by atoms with Gasteiger partial charge in [-0.1, -0.05) is 26.0 Å². The van der Waals surface area contributed by atoms with Crippen molar-refractivity contribution in [3.05, 3.63) is 29.6 Å². The van der Waals surface area contributed by atoms with Crippen molar-refractivity contribution in [2.45, 2.75) is 20.8 Å². The Morgan fingerprint density at radius 2 is 1.89 bits per heavy atom. The van der Waals surface area contributed by atoms with E-state index in [1.807, 2.05) is 0 Å². The van der Waals surface area contributed by atoms with Crippen LogP contribution in [0.3, 0.4) is 0 Å². The van der Waals surface area contributed by atoms with Crippen molar-refractivity contribution in [3.63, 3.8) is 0 Å². The van der Waals surface area contributed by atoms with E-state index in [4.69, 9.17) is 5.11 Å². The number of carbonyl (C=O) groups excluding carboxylic acids is 1. The molecule has 5 heteroatoms. The van der Waals surface area contributed by atoms with Crippen LogP contribution in [0.5, 0.6) is 0 Å². The molecular weight excluding hydrogens is 237 g/mol. The van der Waals surface area contributed by atoms with E-state index in [9.17, 15) is 14.0 Å². The van der Waals surface area contributed by atoms with Crippen molar-refractivity contribution in [3.8, 4) is 0 Å². The topological polar surface area (TPSA) is 66.4 Å². The van der Waals surface area contributed by atoms with Gasteiger partial charge in [-0.3, -0.25) is 9.59 Å². The lowest BCUT2D eigenvalue weighted by Crippen LogP contribution is -2.30. The summed E-state index contributed by atoms with van der Waals surface area (Å²) >= 11 is 0. The van der Waals surface area contributed by atoms with Gasteiger partial charge in [0.25, 0.3) is 0 Å². The SMILES string of the molecule is Cc1cccc(F)c1NC(=O)C(C)C(C)C(=O)O. The Kier molecular flexibility index (Phi) is 4.42. The van der Waals surface area contributed by atoms with Gasteiger partial charge in [0.2, 0.25) is 5.91 Å². The fourth-order valence-corrected chi connectivity index (χ4v) is 1.47. The Hall–Kier alpha value is -1.91. The zero-order valence-electron chi connectivity index (χ0n) is 10.5. The molecule has 1 aromatic carbocycles. The first kappa shape index (κ1) is 14.2. The molecule has 0 aliphatic rings. The predicted molar refractivity (Wildman–Crippen MR) is 65.7 cm³/mol. The lowest BCUT2D eigenvalue weighted by Gasteiger charge is -2.17. The zero-order valence-corrected chi connectivity index (χ0v) is 10.5. The molecule has 2 N–H and O–H groups in total. The van der Waals surface area contributed by atoms with Crippen LogP contribution in [-0.4, -0.2) is 17.0 Å². The molecule has 0 aromatic heterocycles. The van der Waals surface area contributed by atoms with Crippen LogP contribution >= 0.6 is 0 Å². The largest absolute Gasteiger partial charge is 0.481 e. The van der Waals surface area contributed by atoms with E-state index >= 15 is 0 Å². The van der Waals surface area contributed by atoms with Crippen molar-refractivity contribution in [1.82, 2.24) is 0 Å². The van der Waals surface area contributed by atoms with Crippen LogP contribution in [0.2, 0.25) is 0 Å². The number of amides is 1. The van der Waals surface area contributed by atoms with Gasteiger partial charge in [-0.25, -0.2) is 4.39 Å². The van der Waals surface area contributed by atoms with Gasteiger partial charge < -0.3 is 10.4 Å². The number of para-hydroxylation sites is 1. The number of halogens is 1. The molecule has 1 aromatic rings. The highest BCUT2D eigenvalue weighted by molar-refractivity contribution is 5.95. The number of anilines is 1. The number of carbonyl (C=O) groups is 2. The molecule has 0 radical (unpaired) electrons. The normalized spacial score (nSPS) is 13.8. The first-order chi connectivity index (χ1) is 8.34. The van der Waals surface area contributed by atoms with Crippen LogP contribution in [0.15, 0.2) is 18.2 Å². The molecule has 1 amide bonds. The summed E-state index contributed by atoms with van der Waals surface area (Å²) in [7, 11) is 0. The first-order valence-electron chi connectivity index (χ1n) is 5.63. The van der Waals surface area contributed by atoms with Crippen LogP contribution in [0, 0.1) is 24.6 Å². The third kappa shape index (κ3) is 3.06. The maximum Gasteiger partial charge on any atom is 0.307 e. The highest BCUT2D eigenvalue weighted by atomic mass is 19.1. The summed E-state index contributed by atoms with van der Waals surface area (Å²) < 4.78 is 13.5. The number of hydrogen-bond acceptors (Lipinski definition) is 2. The van der Waals surface area contributed by atoms with Crippen molar-refractivity contribution >= 4 is 17.6 Å². The molecule has 98 valence electrons. The van der Waals surface area contributed by atoms with Crippen molar-refractivity contribution in [2.75, 3.05) is 5.32 Å².